The summed E-state index contributed by atoms with van der Waals surface area (Å²) in [5, 5.41) is 0. The molecule has 1 aliphatic heterocycles. The van der Waals surface area contributed by atoms with Gasteiger partial charge in [0.25, 0.3) is 0 Å². The second-order valence-corrected chi connectivity index (χ2v) is 3.80. The van der Waals surface area contributed by atoms with E-state index in [-0.39, 0.29) is 17.9 Å². The van der Waals surface area contributed by atoms with E-state index in [1.165, 1.54) is 0 Å². The Morgan fingerprint density at radius 1 is 1.75 bits per heavy atom. The maximum atomic E-state index is 11.5. The molecule has 1 rings (SSSR count). The van der Waals surface area contributed by atoms with Crippen LogP contribution in [0.4, 0.5) is 0 Å². The van der Waals surface area contributed by atoms with Gasteiger partial charge in [-0.1, -0.05) is 6.92 Å². The minimum Gasteiger partial charge on any atom is -0.341 e. The molecule has 12 heavy (non-hydrogen) atoms. The normalized spacial score (nSPS) is 27.4. The molecule has 1 fully saturated rings. The quantitative estimate of drug-likeness (QED) is 0.659. The summed E-state index contributed by atoms with van der Waals surface area (Å²) in [6.45, 7) is 5.54. The van der Waals surface area contributed by atoms with Crippen LogP contribution in [0.1, 0.15) is 26.7 Å². The average molecular weight is 170 g/mol. The lowest BCUT2D eigenvalue weighted by Crippen LogP contribution is -2.45. The van der Waals surface area contributed by atoms with E-state index in [2.05, 4.69) is 0 Å². The van der Waals surface area contributed by atoms with Crippen LogP contribution in [-0.4, -0.2) is 29.9 Å². The molecule has 0 aromatic heterocycles. The van der Waals surface area contributed by atoms with E-state index in [1.807, 2.05) is 18.7 Å². The number of nitrogens with two attached hydrogens (primary N) is 1. The molecule has 2 atom stereocenters. The molecule has 3 nitrogen and oxygen atoms in total. The van der Waals surface area contributed by atoms with Crippen LogP contribution in [0, 0.1) is 5.92 Å². The monoisotopic (exact) mass is 170 g/mol. The van der Waals surface area contributed by atoms with Crippen molar-refractivity contribution >= 4 is 5.91 Å². The van der Waals surface area contributed by atoms with Crippen molar-refractivity contribution < 1.29 is 4.79 Å². The molecule has 1 amide bonds. The Labute approximate surface area is 73.9 Å². The molecule has 1 unspecified atom stereocenters. The van der Waals surface area contributed by atoms with Crippen molar-refractivity contribution in [3.05, 3.63) is 0 Å². The van der Waals surface area contributed by atoms with Crippen LogP contribution < -0.4 is 5.73 Å². The molecule has 0 aromatic carbocycles. The molecule has 70 valence electrons. The summed E-state index contributed by atoms with van der Waals surface area (Å²) in [6.07, 6.45) is 2.16. The third-order valence-corrected chi connectivity index (χ3v) is 2.31. The van der Waals surface area contributed by atoms with Gasteiger partial charge in [-0.05, 0) is 19.8 Å². The summed E-state index contributed by atoms with van der Waals surface area (Å²) >= 11 is 0. The highest BCUT2D eigenvalue weighted by molar-refractivity contribution is 5.79. The zero-order chi connectivity index (χ0) is 9.14. The zero-order valence-corrected chi connectivity index (χ0v) is 7.92. The summed E-state index contributed by atoms with van der Waals surface area (Å²) in [5.74, 6) is 0.482. The molecule has 3 heteroatoms. The summed E-state index contributed by atoms with van der Waals surface area (Å²) in [7, 11) is 0. The lowest BCUT2D eigenvalue weighted by Gasteiger charge is -2.31. The standard InChI is InChI=1S/C9H18N2O/c1-7-4-3-5-11(9(7)12)6-8(2)10/h7-8H,3-6,10H2,1-2H3/t7?,8-/m0/s1. The zero-order valence-electron chi connectivity index (χ0n) is 7.92. The van der Waals surface area contributed by atoms with Gasteiger partial charge in [-0.3, -0.25) is 4.79 Å². The fraction of sp³-hybridized carbons (Fsp3) is 0.889. The number of nitrogens with zero attached hydrogens (tertiary/aromatic N) is 1. The highest BCUT2D eigenvalue weighted by atomic mass is 16.2. The largest absolute Gasteiger partial charge is 0.341 e. The molecule has 0 spiro atoms. The van der Waals surface area contributed by atoms with Crippen molar-refractivity contribution in [3.63, 3.8) is 0 Å². The molecular weight excluding hydrogens is 152 g/mol. The first-order valence-electron chi connectivity index (χ1n) is 4.65. The third kappa shape index (κ3) is 2.21. The molecule has 0 radical (unpaired) electrons. The Bertz CT molecular complexity index is 168. The second kappa shape index (κ2) is 3.90. The Kier molecular flexibility index (Phi) is 3.09. The van der Waals surface area contributed by atoms with Crippen LogP contribution in [-0.2, 0) is 4.79 Å². The van der Waals surface area contributed by atoms with E-state index in [9.17, 15) is 4.79 Å². The lowest BCUT2D eigenvalue weighted by atomic mass is 9.99. The van der Waals surface area contributed by atoms with Crippen molar-refractivity contribution in [2.75, 3.05) is 13.1 Å². The predicted octanol–water partition coefficient (Wildman–Crippen LogP) is 0.592. The first-order valence-corrected chi connectivity index (χ1v) is 4.65. The van der Waals surface area contributed by atoms with E-state index in [0.29, 0.717) is 6.54 Å². The average Bonchev–Trinajstić information content (AvgIpc) is 1.98. The predicted molar refractivity (Wildman–Crippen MR) is 48.6 cm³/mol. The molecule has 0 aliphatic carbocycles. The molecule has 1 heterocycles. The Balaban J connectivity index is 2.46. The first-order chi connectivity index (χ1) is 5.61. The van der Waals surface area contributed by atoms with E-state index < -0.39 is 0 Å². The number of likely N-dealkylation sites (tertiary alicyclic amines) is 1. The van der Waals surface area contributed by atoms with Crippen LogP contribution in [0.15, 0.2) is 0 Å². The van der Waals surface area contributed by atoms with Crippen LogP contribution in [0.2, 0.25) is 0 Å². The van der Waals surface area contributed by atoms with Gasteiger partial charge in [0.1, 0.15) is 0 Å². The molecule has 1 saturated heterocycles. The van der Waals surface area contributed by atoms with Gasteiger partial charge in [-0.25, -0.2) is 0 Å². The van der Waals surface area contributed by atoms with Gasteiger partial charge in [0.05, 0.1) is 0 Å². The van der Waals surface area contributed by atoms with Crippen LogP contribution in [0.5, 0.6) is 0 Å². The topological polar surface area (TPSA) is 46.3 Å². The molecule has 1 aliphatic rings. The number of piperidine rings is 1. The molecule has 2 N–H and O–H groups in total. The smallest absolute Gasteiger partial charge is 0.225 e. The number of hydrogen-bond donors (Lipinski definition) is 1. The van der Waals surface area contributed by atoms with Crippen molar-refractivity contribution in [2.45, 2.75) is 32.7 Å². The number of rotatable bonds is 2. The maximum absolute atomic E-state index is 11.5. The van der Waals surface area contributed by atoms with Crippen molar-refractivity contribution in [3.8, 4) is 0 Å². The van der Waals surface area contributed by atoms with Crippen LogP contribution >= 0.6 is 0 Å². The van der Waals surface area contributed by atoms with Crippen molar-refractivity contribution in [2.24, 2.45) is 11.7 Å². The molecular formula is C9H18N2O. The summed E-state index contributed by atoms with van der Waals surface area (Å²) in [4.78, 5) is 13.4. The summed E-state index contributed by atoms with van der Waals surface area (Å²) < 4.78 is 0. The fourth-order valence-electron chi connectivity index (χ4n) is 1.66. The highest BCUT2D eigenvalue weighted by Gasteiger charge is 2.24. The van der Waals surface area contributed by atoms with Gasteiger partial charge in [-0.2, -0.15) is 0 Å². The molecule has 0 bridgehead atoms. The number of amides is 1. The van der Waals surface area contributed by atoms with E-state index in [1.54, 1.807) is 0 Å². The highest BCUT2D eigenvalue weighted by Crippen LogP contribution is 2.16. The van der Waals surface area contributed by atoms with Gasteiger partial charge in [-0.15, -0.1) is 0 Å². The SMILES string of the molecule is CC1CCCN(C[C@H](C)N)C1=O. The Morgan fingerprint density at radius 2 is 2.42 bits per heavy atom. The molecule has 0 saturated carbocycles. The summed E-state index contributed by atoms with van der Waals surface area (Å²) in [5.41, 5.74) is 5.64. The van der Waals surface area contributed by atoms with Gasteiger partial charge < -0.3 is 10.6 Å². The second-order valence-electron chi connectivity index (χ2n) is 3.80. The van der Waals surface area contributed by atoms with Gasteiger partial charge in [0.2, 0.25) is 5.91 Å². The van der Waals surface area contributed by atoms with Crippen molar-refractivity contribution in [1.29, 1.82) is 0 Å². The molecule has 0 aromatic rings. The van der Waals surface area contributed by atoms with Gasteiger partial charge in [0.15, 0.2) is 0 Å². The first kappa shape index (κ1) is 9.52. The van der Waals surface area contributed by atoms with Crippen LogP contribution in [0.25, 0.3) is 0 Å². The number of hydrogen-bond acceptors (Lipinski definition) is 2. The van der Waals surface area contributed by atoms with Crippen LogP contribution in [0.3, 0.4) is 0 Å². The van der Waals surface area contributed by atoms with Gasteiger partial charge >= 0.3 is 0 Å². The maximum Gasteiger partial charge on any atom is 0.225 e. The van der Waals surface area contributed by atoms with Crippen molar-refractivity contribution in [1.82, 2.24) is 4.90 Å². The number of carbonyl (C=O) groups excluding carboxylic acids is 1. The Hall–Kier alpha value is -0.570. The lowest BCUT2D eigenvalue weighted by molar-refractivity contribution is -0.137. The Morgan fingerprint density at radius 3 is 3.00 bits per heavy atom. The summed E-state index contributed by atoms with van der Waals surface area (Å²) in [6, 6.07) is 0.0965. The van der Waals surface area contributed by atoms with Gasteiger partial charge in [0, 0.05) is 25.0 Å². The number of carbonyl (C=O) groups is 1. The van der Waals surface area contributed by atoms with E-state index in [0.717, 1.165) is 19.4 Å². The van der Waals surface area contributed by atoms with E-state index in [4.69, 9.17) is 5.73 Å². The third-order valence-electron chi connectivity index (χ3n) is 2.31. The minimum absolute atomic E-state index is 0.0965. The fourth-order valence-corrected chi connectivity index (χ4v) is 1.66. The van der Waals surface area contributed by atoms with E-state index >= 15 is 0 Å². The minimum atomic E-state index is 0.0965.